The molecule has 1 atom stereocenters. The molecular weight excluding hydrogens is 464 g/mol. The first kappa shape index (κ1) is 23.5. The number of fused-ring (bicyclic) bond motifs is 2. The number of benzene rings is 2. The maximum absolute atomic E-state index is 13.4. The van der Waals surface area contributed by atoms with Crippen LogP contribution >= 0.6 is 0 Å². The van der Waals surface area contributed by atoms with Crippen molar-refractivity contribution in [1.29, 1.82) is 0 Å². The Morgan fingerprint density at radius 1 is 1.23 bits per heavy atom. The highest BCUT2D eigenvalue weighted by Gasteiger charge is 2.33. The molecule has 3 heterocycles. The Kier molecular flexibility index (Phi) is 6.57. The van der Waals surface area contributed by atoms with E-state index in [9.17, 15) is 13.2 Å². The molecule has 1 amide bonds. The molecule has 184 valence electrons. The second-order valence-electron chi connectivity index (χ2n) is 9.07. The zero-order valence-corrected chi connectivity index (χ0v) is 20.6. The Hall–Kier alpha value is -3.24. The van der Waals surface area contributed by atoms with Crippen molar-refractivity contribution in [3.63, 3.8) is 0 Å². The Balaban J connectivity index is 1.23. The van der Waals surface area contributed by atoms with Crippen LogP contribution in [0.5, 0.6) is 0 Å². The number of nitrogens with zero attached hydrogens (tertiary/aromatic N) is 4. The standard InChI is InChI=1S/C25H30N6O3S/c1-2-13-31-24-10-9-20(15-23(24)28-29-31)35(33,34)30-14-5-6-19(17-30)25(32)26-12-11-18-16-27-22-8-4-3-7-21(18)22/h3-4,7-10,15-16,19,27H,2,5-6,11-14,17H2,1H3,(H,26,32)/t19-/m1/s1. The molecule has 35 heavy (non-hydrogen) atoms. The zero-order valence-electron chi connectivity index (χ0n) is 19.8. The lowest BCUT2D eigenvalue weighted by Gasteiger charge is -2.31. The van der Waals surface area contributed by atoms with Crippen LogP contribution in [0, 0.1) is 5.92 Å². The SMILES string of the molecule is CCCn1nnc2cc(S(=O)(=O)N3CCC[C@@H](C(=O)NCCc4c[nH]c5ccccc45)C3)ccc21. The van der Waals surface area contributed by atoms with E-state index in [1.807, 2.05) is 24.4 Å². The Morgan fingerprint density at radius 3 is 2.94 bits per heavy atom. The van der Waals surface area contributed by atoms with E-state index < -0.39 is 10.0 Å². The smallest absolute Gasteiger partial charge is 0.243 e. The number of carbonyl (C=O) groups excluding carboxylic acids is 1. The van der Waals surface area contributed by atoms with Crippen LogP contribution < -0.4 is 5.32 Å². The molecule has 5 rings (SSSR count). The molecule has 9 nitrogen and oxygen atoms in total. The number of sulfonamides is 1. The van der Waals surface area contributed by atoms with Crippen LogP contribution in [0.2, 0.25) is 0 Å². The lowest BCUT2D eigenvalue weighted by atomic mass is 9.99. The fourth-order valence-corrected chi connectivity index (χ4v) is 6.36. The molecule has 2 aromatic carbocycles. The van der Waals surface area contributed by atoms with Crippen LogP contribution in [0.15, 0.2) is 53.6 Å². The lowest BCUT2D eigenvalue weighted by Crippen LogP contribution is -2.45. The molecule has 0 bridgehead atoms. The van der Waals surface area contributed by atoms with Gasteiger partial charge >= 0.3 is 0 Å². The van der Waals surface area contributed by atoms with Crippen molar-refractivity contribution in [3.05, 3.63) is 54.2 Å². The maximum atomic E-state index is 13.4. The number of rotatable bonds is 8. The van der Waals surface area contributed by atoms with Gasteiger partial charge in [0.25, 0.3) is 0 Å². The van der Waals surface area contributed by atoms with Gasteiger partial charge in [0, 0.05) is 43.3 Å². The molecule has 2 N–H and O–H groups in total. The zero-order chi connectivity index (χ0) is 24.4. The molecule has 4 aromatic rings. The molecule has 1 saturated heterocycles. The van der Waals surface area contributed by atoms with Gasteiger partial charge in [-0.05, 0) is 55.5 Å². The highest BCUT2D eigenvalue weighted by molar-refractivity contribution is 7.89. The minimum atomic E-state index is -3.73. The number of aromatic nitrogens is 4. The average Bonchev–Trinajstić information content (AvgIpc) is 3.48. The fraction of sp³-hybridized carbons (Fsp3) is 0.400. The van der Waals surface area contributed by atoms with Crippen LogP contribution in [0.4, 0.5) is 0 Å². The second-order valence-corrected chi connectivity index (χ2v) is 11.0. The van der Waals surface area contributed by atoms with Gasteiger partial charge in [0.05, 0.1) is 16.3 Å². The van der Waals surface area contributed by atoms with E-state index in [0.717, 1.165) is 34.9 Å². The summed E-state index contributed by atoms with van der Waals surface area (Å²) < 4.78 is 29.9. The van der Waals surface area contributed by atoms with E-state index in [0.29, 0.717) is 37.9 Å². The first-order chi connectivity index (χ1) is 17.0. The van der Waals surface area contributed by atoms with E-state index >= 15 is 0 Å². The summed E-state index contributed by atoms with van der Waals surface area (Å²) in [5, 5.41) is 12.4. The molecular formula is C25H30N6O3S. The van der Waals surface area contributed by atoms with Gasteiger partial charge in [-0.3, -0.25) is 4.79 Å². The predicted octanol–water partition coefficient (Wildman–Crippen LogP) is 3.08. The largest absolute Gasteiger partial charge is 0.361 e. The van der Waals surface area contributed by atoms with Crippen molar-refractivity contribution in [3.8, 4) is 0 Å². The molecule has 0 unspecified atom stereocenters. The van der Waals surface area contributed by atoms with Crippen LogP contribution in [0.25, 0.3) is 21.9 Å². The fourth-order valence-electron chi connectivity index (χ4n) is 4.82. The molecule has 1 fully saturated rings. The van der Waals surface area contributed by atoms with Crippen molar-refractivity contribution < 1.29 is 13.2 Å². The number of hydrogen-bond acceptors (Lipinski definition) is 5. The highest BCUT2D eigenvalue weighted by atomic mass is 32.2. The molecule has 1 aliphatic heterocycles. The number of H-pyrrole nitrogens is 1. The Morgan fingerprint density at radius 2 is 2.09 bits per heavy atom. The first-order valence-electron chi connectivity index (χ1n) is 12.1. The van der Waals surface area contributed by atoms with Crippen molar-refractivity contribution >= 4 is 37.9 Å². The number of aromatic amines is 1. The number of nitrogens with one attached hydrogen (secondary N) is 2. The first-order valence-corrected chi connectivity index (χ1v) is 13.6. The number of piperidine rings is 1. The molecule has 0 aliphatic carbocycles. The van der Waals surface area contributed by atoms with E-state index in [2.05, 4.69) is 33.6 Å². The van der Waals surface area contributed by atoms with Gasteiger partial charge in [-0.25, -0.2) is 13.1 Å². The van der Waals surface area contributed by atoms with Gasteiger partial charge in [0.15, 0.2) is 0 Å². The van der Waals surface area contributed by atoms with Gasteiger partial charge in [0.2, 0.25) is 15.9 Å². The molecule has 1 aliphatic rings. The van der Waals surface area contributed by atoms with Gasteiger partial charge in [0.1, 0.15) is 5.52 Å². The number of amides is 1. The minimum Gasteiger partial charge on any atom is -0.361 e. The summed E-state index contributed by atoms with van der Waals surface area (Å²) >= 11 is 0. The van der Waals surface area contributed by atoms with Crippen molar-refractivity contribution in [2.45, 2.75) is 44.0 Å². The predicted molar refractivity (Wildman–Crippen MR) is 134 cm³/mol. The summed E-state index contributed by atoms with van der Waals surface area (Å²) in [7, 11) is -3.73. The minimum absolute atomic E-state index is 0.0947. The van der Waals surface area contributed by atoms with Gasteiger partial charge in [-0.2, -0.15) is 4.31 Å². The second kappa shape index (κ2) is 9.79. The van der Waals surface area contributed by atoms with Crippen LogP contribution in [-0.4, -0.2) is 58.2 Å². The van der Waals surface area contributed by atoms with Crippen molar-refractivity contribution in [2.24, 2.45) is 5.92 Å². The van der Waals surface area contributed by atoms with E-state index in [1.54, 1.807) is 22.9 Å². The van der Waals surface area contributed by atoms with Crippen LogP contribution in [-0.2, 0) is 27.8 Å². The van der Waals surface area contributed by atoms with Gasteiger partial charge < -0.3 is 10.3 Å². The molecule has 10 heteroatoms. The van der Waals surface area contributed by atoms with Crippen molar-refractivity contribution in [2.75, 3.05) is 19.6 Å². The van der Waals surface area contributed by atoms with E-state index in [4.69, 9.17) is 0 Å². The quantitative estimate of drug-likeness (QED) is 0.391. The van der Waals surface area contributed by atoms with Gasteiger partial charge in [-0.15, -0.1) is 5.10 Å². The maximum Gasteiger partial charge on any atom is 0.243 e. The third-order valence-corrected chi connectivity index (χ3v) is 8.54. The summed E-state index contributed by atoms with van der Waals surface area (Å²) in [6, 6.07) is 13.0. The molecule has 0 radical (unpaired) electrons. The number of aryl methyl sites for hydroxylation is 1. The summed E-state index contributed by atoms with van der Waals surface area (Å²) in [6.07, 6.45) is 4.92. The van der Waals surface area contributed by atoms with Gasteiger partial charge in [-0.1, -0.05) is 30.3 Å². The summed E-state index contributed by atoms with van der Waals surface area (Å²) in [5.74, 6) is -0.460. The van der Waals surface area contributed by atoms with Crippen molar-refractivity contribution in [1.82, 2.24) is 29.6 Å². The normalized spacial score (nSPS) is 17.2. The lowest BCUT2D eigenvalue weighted by molar-refractivity contribution is -0.126. The Bertz CT molecular complexity index is 1460. The summed E-state index contributed by atoms with van der Waals surface area (Å²) in [5.41, 5.74) is 3.60. The number of carbonyl (C=O) groups is 1. The Labute approximate surface area is 204 Å². The van der Waals surface area contributed by atoms with E-state index in [-0.39, 0.29) is 23.3 Å². The van der Waals surface area contributed by atoms with E-state index in [1.165, 1.54) is 4.31 Å². The average molecular weight is 495 g/mol. The summed E-state index contributed by atoms with van der Waals surface area (Å²) in [6.45, 7) is 3.88. The molecule has 0 spiro atoms. The third kappa shape index (κ3) is 4.68. The summed E-state index contributed by atoms with van der Waals surface area (Å²) in [4.78, 5) is 16.3. The van der Waals surface area contributed by atoms with Crippen LogP contribution in [0.3, 0.4) is 0 Å². The topological polar surface area (TPSA) is 113 Å². The number of para-hydroxylation sites is 1. The molecule has 0 saturated carbocycles. The van der Waals surface area contributed by atoms with Crippen LogP contribution in [0.1, 0.15) is 31.7 Å². The highest BCUT2D eigenvalue weighted by Crippen LogP contribution is 2.26. The third-order valence-electron chi connectivity index (χ3n) is 6.68. The molecule has 2 aromatic heterocycles. The monoisotopic (exact) mass is 494 g/mol. The number of hydrogen-bond donors (Lipinski definition) is 2.